The van der Waals surface area contributed by atoms with E-state index in [4.69, 9.17) is 4.74 Å². The minimum absolute atomic E-state index is 0. The van der Waals surface area contributed by atoms with E-state index >= 15 is 0 Å². The lowest BCUT2D eigenvalue weighted by Crippen LogP contribution is -2.41. The molecule has 0 amide bonds. The predicted molar refractivity (Wildman–Crippen MR) is 102 cm³/mol. The number of nitrogens with one attached hydrogen (secondary N) is 1. The summed E-state index contributed by atoms with van der Waals surface area (Å²) in [5, 5.41) is 12.6. The van der Waals surface area contributed by atoms with Crippen molar-refractivity contribution in [3.8, 4) is 5.75 Å². The fourth-order valence-corrected chi connectivity index (χ4v) is 3.33. The number of hydrogen-bond donors (Lipinski definition) is 2. The topological polar surface area (TPSA) is 57.1 Å². The van der Waals surface area contributed by atoms with Crippen molar-refractivity contribution in [3.05, 3.63) is 29.6 Å². The number of halogens is 2. The summed E-state index contributed by atoms with van der Waals surface area (Å²) in [6, 6.07) is 4.40. The Hall–Kier alpha value is -1.09. The molecule has 0 bridgehead atoms. The molecule has 2 aliphatic rings. The van der Waals surface area contributed by atoms with Crippen molar-refractivity contribution >= 4 is 29.9 Å². The first-order valence-corrected chi connectivity index (χ1v) is 8.20. The van der Waals surface area contributed by atoms with Crippen LogP contribution in [-0.2, 0) is 11.3 Å². The number of hydrogen-bond acceptors (Lipinski definition) is 3. The summed E-state index contributed by atoms with van der Waals surface area (Å²) < 4.78 is 19.0. The van der Waals surface area contributed by atoms with Crippen molar-refractivity contribution in [2.45, 2.75) is 26.3 Å². The molecule has 1 aromatic rings. The monoisotopic (exact) mass is 449 g/mol. The smallest absolute Gasteiger partial charge is 0.194 e. The molecular weight excluding hydrogens is 424 g/mol. The molecule has 0 saturated carbocycles. The number of phenolic OH excluding ortho intramolecular Hbond substituents is 1. The number of aliphatic imine (C=N–C) groups is 1. The van der Waals surface area contributed by atoms with Gasteiger partial charge in [-0.3, -0.25) is 0 Å². The maximum atomic E-state index is 13.4. The Balaban J connectivity index is 0.00000208. The van der Waals surface area contributed by atoms with Crippen molar-refractivity contribution in [1.82, 2.24) is 10.2 Å². The maximum absolute atomic E-state index is 13.4. The van der Waals surface area contributed by atoms with Crippen molar-refractivity contribution in [3.63, 3.8) is 0 Å². The summed E-state index contributed by atoms with van der Waals surface area (Å²) in [5.41, 5.74) is 1.02. The summed E-state index contributed by atoms with van der Waals surface area (Å²) in [5.74, 6) is -0.0666. The number of nitrogens with zero attached hydrogens (tertiary/aromatic N) is 2. The number of phenols is 1. The van der Waals surface area contributed by atoms with Crippen LogP contribution in [0.1, 0.15) is 25.3 Å². The molecule has 5 nitrogen and oxygen atoms in total. The van der Waals surface area contributed by atoms with Gasteiger partial charge in [-0.05, 0) is 37.5 Å². The van der Waals surface area contributed by atoms with E-state index in [1.807, 2.05) is 6.92 Å². The van der Waals surface area contributed by atoms with Crippen LogP contribution < -0.4 is 5.32 Å². The second-order valence-corrected chi connectivity index (χ2v) is 6.43. The van der Waals surface area contributed by atoms with E-state index in [1.165, 1.54) is 12.1 Å². The van der Waals surface area contributed by atoms with Gasteiger partial charge in [-0.15, -0.1) is 24.0 Å². The fourth-order valence-electron chi connectivity index (χ4n) is 3.33. The minimum Gasteiger partial charge on any atom is -0.505 e. The Bertz CT molecular complexity index is 591. The second-order valence-electron chi connectivity index (χ2n) is 6.43. The first-order chi connectivity index (χ1) is 11.1. The van der Waals surface area contributed by atoms with Crippen LogP contribution in [0.5, 0.6) is 5.75 Å². The molecule has 0 radical (unpaired) electrons. The summed E-state index contributed by atoms with van der Waals surface area (Å²) in [4.78, 5) is 6.91. The lowest BCUT2D eigenvalue weighted by Gasteiger charge is -2.25. The zero-order chi connectivity index (χ0) is 16.3. The van der Waals surface area contributed by atoms with E-state index in [-0.39, 0.29) is 35.1 Å². The van der Waals surface area contributed by atoms with Crippen molar-refractivity contribution in [1.29, 1.82) is 0 Å². The molecule has 1 spiro atoms. The van der Waals surface area contributed by atoms with Gasteiger partial charge in [0.1, 0.15) is 0 Å². The standard InChI is InChI=1S/C17H24FN3O2.HI/c1-2-19-16(20-10-13-3-4-15(22)14(18)9-13)21-7-5-17(11-21)6-8-23-12-17;/h3-4,9,22H,2,5-8,10-12H2,1H3,(H,19,20);1H. The first-order valence-electron chi connectivity index (χ1n) is 8.20. The van der Waals surface area contributed by atoms with Gasteiger partial charge in [0, 0.05) is 31.7 Å². The van der Waals surface area contributed by atoms with E-state index in [0.717, 1.165) is 57.2 Å². The number of likely N-dealkylation sites (tertiary alicyclic amines) is 1. The molecule has 24 heavy (non-hydrogen) atoms. The average molecular weight is 449 g/mol. The zero-order valence-corrected chi connectivity index (χ0v) is 16.3. The zero-order valence-electron chi connectivity index (χ0n) is 13.9. The van der Waals surface area contributed by atoms with Gasteiger partial charge < -0.3 is 20.1 Å². The van der Waals surface area contributed by atoms with Crippen molar-refractivity contribution < 1.29 is 14.2 Å². The van der Waals surface area contributed by atoms with E-state index in [9.17, 15) is 9.50 Å². The van der Waals surface area contributed by atoms with Gasteiger partial charge in [0.25, 0.3) is 0 Å². The molecule has 3 rings (SSSR count). The largest absolute Gasteiger partial charge is 0.505 e. The number of guanidine groups is 1. The quantitative estimate of drug-likeness (QED) is 0.424. The molecule has 2 fully saturated rings. The maximum Gasteiger partial charge on any atom is 0.194 e. The van der Waals surface area contributed by atoms with E-state index in [0.29, 0.717) is 6.54 Å². The molecule has 2 aliphatic heterocycles. The first kappa shape index (κ1) is 19.2. The van der Waals surface area contributed by atoms with Gasteiger partial charge in [0.15, 0.2) is 17.5 Å². The SMILES string of the molecule is CCNC(=NCc1ccc(O)c(F)c1)N1CCC2(CCOC2)C1.I. The third-order valence-electron chi connectivity index (χ3n) is 4.68. The predicted octanol–water partition coefficient (Wildman–Crippen LogP) is 2.73. The normalized spacial score (nSPS) is 23.6. The molecule has 1 unspecified atom stereocenters. The Kier molecular flexibility index (Phi) is 6.68. The average Bonchev–Trinajstić information content (AvgIpc) is 3.17. The lowest BCUT2D eigenvalue weighted by atomic mass is 9.87. The molecule has 2 saturated heterocycles. The highest BCUT2D eigenvalue weighted by atomic mass is 127. The van der Waals surface area contributed by atoms with Crippen LogP contribution in [-0.4, -0.2) is 48.8 Å². The summed E-state index contributed by atoms with van der Waals surface area (Å²) in [6.45, 7) is 6.85. The molecule has 0 aliphatic carbocycles. The molecule has 0 aromatic heterocycles. The van der Waals surface area contributed by atoms with Crippen LogP contribution in [0.4, 0.5) is 4.39 Å². The number of rotatable bonds is 3. The second kappa shape index (κ2) is 8.33. The van der Waals surface area contributed by atoms with Gasteiger partial charge in [0.05, 0.1) is 13.2 Å². The van der Waals surface area contributed by atoms with Crippen LogP contribution in [0.2, 0.25) is 0 Å². The molecule has 2 N–H and O–H groups in total. The Morgan fingerprint density at radius 2 is 2.29 bits per heavy atom. The van der Waals surface area contributed by atoms with Crippen LogP contribution in [0, 0.1) is 11.2 Å². The van der Waals surface area contributed by atoms with Gasteiger partial charge in [-0.1, -0.05) is 6.07 Å². The highest BCUT2D eigenvalue weighted by Crippen LogP contribution is 2.38. The van der Waals surface area contributed by atoms with Crippen LogP contribution in [0.15, 0.2) is 23.2 Å². The van der Waals surface area contributed by atoms with Crippen LogP contribution in [0.3, 0.4) is 0 Å². The Morgan fingerprint density at radius 3 is 2.96 bits per heavy atom. The number of benzene rings is 1. The molecule has 7 heteroatoms. The minimum atomic E-state index is -0.606. The van der Waals surface area contributed by atoms with Gasteiger partial charge >= 0.3 is 0 Å². The summed E-state index contributed by atoms with van der Waals surface area (Å²) >= 11 is 0. The fraction of sp³-hybridized carbons (Fsp3) is 0.588. The van der Waals surface area contributed by atoms with E-state index in [2.05, 4.69) is 15.2 Å². The Morgan fingerprint density at radius 1 is 1.46 bits per heavy atom. The highest BCUT2D eigenvalue weighted by Gasteiger charge is 2.42. The molecular formula is C17H25FIN3O2. The third-order valence-corrected chi connectivity index (χ3v) is 4.68. The van der Waals surface area contributed by atoms with Crippen LogP contribution >= 0.6 is 24.0 Å². The van der Waals surface area contributed by atoms with Crippen molar-refractivity contribution in [2.75, 3.05) is 32.8 Å². The molecule has 134 valence electrons. The Labute approximate surface area is 159 Å². The lowest BCUT2D eigenvalue weighted by molar-refractivity contribution is 0.156. The van der Waals surface area contributed by atoms with Gasteiger partial charge in [-0.25, -0.2) is 9.38 Å². The summed E-state index contributed by atoms with van der Waals surface area (Å²) in [6.07, 6.45) is 2.25. The molecule has 1 aromatic carbocycles. The number of ether oxygens (including phenoxy) is 1. The van der Waals surface area contributed by atoms with Crippen LogP contribution in [0.25, 0.3) is 0 Å². The summed E-state index contributed by atoms with van der Waals surface area (Å²) in [7, 11) is 0. The molecule has 1 atom stereocenters. The highest BCUT2D eigenvalue weighted by molar-refractivity contribution is 14.0. The van der Waals surface area contributed by atoms with Gasteiger partial charge in [-0.2, -0.15) is 0 Å². The van der Waals surface area contributed by atoms with Crippen molar-refractivity contribution in [2.24, 2.45) is 10.4 Å². The molecule has 2 heterocycles. The third kappa shape index (κ3) is 4.30. The number of aromatic hydroxyl groups is 1. The van der Waals surface area contributed by atoms with E-state index in [1.54, 1.807) is 6.07 Å². The van der Waals surface area contributed by atoms with E-state index < -0.39 is 5.82 Å². The van der Waals surface area contributed by atoms with Gasteiger partial charge in [0.2, 0.25) is 0 Å².